The predicted octanol–water partition coefficient (Wildman–Crippen LogP) is 3.55. The van der Waals surface area contributed by atoms with Crippen LogP contribution in [-0.2, 0) is 4.79 Å². The molecule has 0 aromatic heterocycles. The first-order valence-corrected chi connectivity index (χ1v) is 8.30. The molecule has 1 saturated heterocycles. The van der Waals surface area contributed by atoms with E-state index < -0.39 is 0 Å². The van der Waals surface area contributed by atoms with E-state index in [9.17, 15) is 4.79 Å². The lowest BCUT2D eigenvalue weighted by Crippen LogP contribution is -2.46. The monoisotopic (exact) mass is 286 g/mol. The number of fused-ring (bicyclic) bond motifs is 1. The molecule has 3 nitrogen and oxygen atoms in total. The number of nitrogens with two attached hydrogens (primary N) is 1. The van der Waals surface area contributed by atoms with Gasteiger partial charge < -0.3 is 10.6 Å². The van der Waals surface area contributed by atoms with E-state index in [-0.39, 0.29) is 5.92 Å². The molecule has 3 heteroatoms. The molecule has 2 fully saturated rings. The Morgan fingerprint density at radius 2 is 1.95 bits per heavy atom. The fourth-order valence-corrected chi connectivity index (χ4v) is 4.09. The van der Waals surface area contributed by atoms with E-state index in [1.54, 1.807) is 0 Å². The molecule has 3 rings (SSSR count). The maximum Gasteiger partial charge on any atom is 0.223 e. The summed E-state index contributed by atoms with van der Waals surface area (Å²) < 4.78 is 0. The Hall–Kier alpha value is -1.51. The predicted molar refractivity (Wildman–Crippen MR) is 86.0 cm³/mol. The van der Waals surface area contributed by atoms with Crippen molar-refractivity contribution in [2.45, 2.75) is 57.4 Å². The average Bonchev–Trinajstić information content (AvgIpc) is 2.96. The highest BCUT2D eigenvalue weighted by Crippen LogP contribution is 2.37. The number of piperidine rings is 1. The Morgan fingerprint density at radius 1 is 1.24 bits per heavy atom. The zero-order chi connectivity index (χ0) is 14.8. The van der Waals surface area contributed by atoms with Crippen LogP contribution in [0.25, 0.3) is 0 Å². The summed E-state index contributed by atoms with van der Waals surface area (Å²) in [6.45, 7) is 3.11. The lowest BCUT2D eigenvalue weighted by Gasteiger charge is -2.38. The highest BCUT2D eigenvalue weighted by Gasteiger charge is 2.37. The van der Waals surface area contributed by atoms with E-state index in [1.165, 1.54) is 37.7 Å². The lowest BCUT2D eigenvalue weighted by molar-refractivity contribution is -0.136. The molecule has 0 spiro atoms. The summed E-state index contributed by atoms with van der Waals surface area (Å²) in [6.07, 6.45) is 6.96. The summed E-state index contributed by atoms with van der Waals surface area (Å²) in [5.41, 5.74) is 7.71. The summed E-state index contributed by atoms with van der Waals surface area (Å²) in [4.78, 5) is 14.9. The number of likely N-dealkylation sites (tertiary alicyclic amines) is 1. The van der Waals surface area contributed by atoms with Crippen LogP contribution in [0.3, 0.4) is 0 Å². The van der Waals surface area contributed by atoms with Crippen molar-refractivity contribution < 1.29 is 4.79 Å². The van der Waals surface area contributed by atoms with Crippen molar-refractivity contribution in [1.29, 1.82) is 0 Å². The molecule has 0 radical (unpaired) electrons. The highest BCUT2D eigenvalue weighted by atomic mass is 16.2. The standard InChI is InChI=1S/C18H26N2O/c1-13(14-7-9-16(19)10-8-14)12-18(21)20-11-3-5-15-4-2-6-17(15)20/h7-10,13,15,17H,2-6,11-12,19H2,1H3. The molecular weight excluding hydrogens is 260 g/mol. The van der Waals surface area contributed by atoms with E-state index in [1.807, 2.05) is 24.3 Å². The van der Waals surface area contributed by atoms with Gasteiger partial charge in [-0.3, -0.25) is 4.79 Å². The molecule has 0 bridgehead atoms. The van der Waals surface area contributed by atoms with Gasteiger partial charge >= 0.3 is 0 Å². The van der Waals surface area contributed by atoms with Gasteiger partial charge in [0.2, 0.25) is 5.91 Å². The molecule has 3 unspecified atom stereocenters. The van der Waals surface area contributed by atoms with Gasteiger partial charge in [-0.25, -0.2) is 0 Å². The van der Waals surface area contributed by atoms with E-state index in [0.717, 1.165) is 18.2 Å². The number of carbonyl (C=O) groups excluding carboxylic acids is 1. The van der Waals surface area contributed by atoms with E-state index in [0.29, 0.717) is 18.4 Å². The minimum absolute atomic E-state index is 0.264. The lowest BCUT2D eigenvalue weighted by atomic mass is 9.90. The first-order chi connectivity index (χ1) is 10.1. The number of anilines is 1. The summed E-state index contributed by atoms with van der Waals surface area (Å²) in [7, 11) is 0. The second kappa shape index (κ2) is 6.08. The van der Waals surface area contributed by atoms with Crippen molar-refractivity contribution in [3.63, 3.8) is 0 Å². The number of amides is 1. The third-order valence-corrected chi connectivity index (χ3v) is 5.30. The Balaban J connectivity index is 1.64. The van der Waals surface area contributed by atoms with Gasteiger partial charge in [0.1, 0.15) is 0 Å². The van der Waals surface area contributed by atoms with Crippen LogP contribution in [0.4, 0.5) is 5.69 Å². The minimum Gasteiger partial charge on any atom is -0.399 e. The summed E-state index contributed by atoms with van der Waals surface area (Å²) in [5.74, 6) is 1.38. The topological polar surface area (TPSA) is 46.3 Å². The van der Waals surface area contributed by atoms with Crippen molar-refractivity contribution in [3.05, 3.63) is 29.8 Å². The van der Waals surface area contributed by atoms with Gasteiger partial charge in [-0.2, -0.15) is 0 Å². The van der Waals surface area contributed by atoms with Crippen LogP contribution in [0.5, 0.6) is 0 Å². The first kappa shape index (κ1) is 14.4. The van der Waals surface area contributed by atoms with Crippen molar-refractivity contribution in [1.82, 2.24) is 4.90 Å². The Kier molecular flexibility index (Phi) is 4.18. The molecule has 1 aliphatic carbocycles. The van der Waals surface area contributed by atoms with E-state index in [2.05, 4.69) is 11.8 Å². The average molecular weight is 286 g/mol. The molecule has 1 amide bonds. The minimum atomic E-state index is 0.264. The molecule has 1 aliphatic heterocycles. The fourth-order valence-electron chi connectivity index (χ4n) is 4.09. The Bertz CT molecular complexity index is 496. The summed E-state index contributed by atoms with van der Waals surface area (Å²) in [6, 6.07) is 8.46. The van der Waals surface area contributed by atoms with Crippen molar-refractivity contribution in [2.75, 3.05) is 12.3 Å². The maximum absolute atomic E-state index is 12.7. The highest BCUT2D eigenvalue weighted by molar-refractivity contribution is 5.77. The van der Waals surface area contributed by atoms with Crippen molar-refractivity contribution >= 4 is 11.6 Å². The zero-order valence-corrected chi connectivity index (χ0v) is 12.9. The van der Waals surface area contributed by atoms with Crippen LogP contribution in [0, 0.1) is 5.92 Å². The molecule has 114 valence electrons. The number of rotatable bonds is 3. The van der Waals surface area contributed by atoms with Crippen molar-refractivity contribution in [2.24, 2.45) is 5.92 Å². The van der Waals surface area contributed by atoms with Gasteiger partial charge in [-0.1, -0.05) is 25.5 Å². The third kappa shape index (κ3) is 3.07. The SMILES string of the molecule is CC(CC(=O)N1CCCC2CCCC21)c1ccc(N)cc1. The molecule has 21 heavy (non-hydrogen) atoms. The molecule has 3 atom stereocenters. The summed E-state index contributed by atoms with van der Waals surface area (Å²) >= 11 is 0. The number of carbonyl (C=O) groups is 1. The number of benzene rings is 1. The number of hydrogen-bond donors (Lipinski definition) is 1. The quantitative estimate of drug-likeness (QED) is 0.864. The van der Waals surface area contributed by atoms with Gasteiger partial charge in [-0.15, -0.1) is 0 Å². The molecule has 1 aromatic carbocycles. The molecule has 1 saturated carbocycles. The molecule has 1 aromatic rings. The first-order valence-electron chi connectivity index (χ1n) is 8.30. The number of nitrogen functional groups attached to an aromatic ring is 1. The fraction of sp³-hybridized carbons (Fsp3) is 0.611. The van der Waals surface area contributed by atoms with Crippen LogP contribution in [0.1, 0.15) is 56.9 Å². The smallest absolute Gasteiger partial charge is 0.223 e. The molecule has 2 N–H and O–H groups in total. The van der Waals surface area contributed by atoms with Gasteiger partial charge in [0.05, 0.1) is 0 Å². The Labute approximate surface area is 127 Å². The van der Waals surface area contributed by atoms with Crippen LogP contribution < -0.4 is 5.73 Å². The zero-order valence-electron chi connectivity index (χ0n) is 12.9. The second-order valence-electron chi connectivity index (χ2n) is 6.76. The van der Waals surface area contributed by atoms with Gasteiger partial charge in [0.15, 0.2) is 0 Å². The molecular formula is C18H26N2O. The van der Waals surface area contributed by atoms with Crippen LogP contribution in [0.2, 0.25) is 0 Å². The van der Waals surface area contributed by atoms with Crippen LogP contribution in [-0.4, -0.2) is 23.4 Å². The number of hydrogen-bond acceptors (Lipinski definition) is 2. The number of nitrogens with zero attached hydrogens (tertiary/aromatic N) is 1. The normalized spacial score (nSPS) is 26.4. The van der Waals surface area contributed by atoms with Gasteiger partial charge in [0.25, 0.3) is 0 Å². The van der Waals surface area contributed by atoms with Crippen molar-refractivity contribution in [3.8, 4) is 0 Å². The van der Waals surface area contributed by atoms with Gasteiger partial charge in [-0.05, 0) is 55.2 Å². The van der Waals surface area contributed by atoms with E-state index in [4.69, 9.17) is 5.73 Å². The Morgan fingerprint density at radius 3 is 2.71 bits per heavy atom. The van der Waals surface area contributed by atoms with Gasteiger partial charge in [0, 0.05) is 24.7 Å². The third-order valence-electron chi connectivity index (χ3n) is 5.30. The van der Waals surface area contributed by atoms with E-state index >= 15 is 0 Å². The maximum atomic E-state index is 12.7. The summed E-state index contributed by atoms with van der Waals surface area (Å²) in [5, 5.41) is 0. The van der Waals surface area contributed by atoms with Crippen LogP contribution >= 0.6 is 0 Å². The molecule has 2 aliphatic rings. The molecule has 1 heterocycles. The van der Waals surface area contributed by atoms with Crippen LogP contribution in [0.15, 0.2) is 24.3 Å². The second-order valence-corrected chi connectivity index (χ2v) is 6.76. The largest absolute Gasteiger partial charge is 0.399 e.